The van der Waals surface area contributed by atoms with Crippen LogP contribution in [0, 0.1) is 23.7 Å². The van der Waals surface area contributed by atoms with E-state index in [1.165, 1.54) is 126 Å². The summed E-state index contributed by atoms with van der Waals surface area (Å²) in [5.74, 6) is 2.29. The monoisotopic (exact) mass is 887 g/mol. The molecule has 4 bridgehead atoms. The molecular formula is C53H63Cl2SiZr. The Balaban J connectivity index is 1.08. The van der Waals surface area contributed by atoms with Gasteiger partial charge >= 0.3 is 356 Å². The second kappa shape index (κ2) is 14.6. The van der Waals surface area contributed by atoms with Crippen LogP contribution in [0.4, 0.5) is 0 Å². The third kappa shape index (κ3) is 6.25. The fourth-order valence-corrected chi connectivity index (χ4v) is 45.5. The Hall–Kier alpha value is -1.96. The zero-order chi connectivity index (χ0) is 39.3. The van der Waals surface area contributed by atoms with Gasteiger partial charge in [-0.2, -0.15) is 0 Å². The van der Waals surface area contributed by atoms with Gasteiger partial charge in [0.25, 0.3) is 0 Å². The van der Waals surface area contributed by atoms with Crippen LogP contribution in [0.3, 0.4) is 0 Å². The Morgan fingerprint density at radius 2 is 1.19 bits per heavy atom. The Kier molecular flexibility index (Phi) is 10.0. The van der Waals surface area contributed by atoms with Crippen LogP contribution in [0.2, 0.25) is 13.1 Å². The fourth-order valence-electron chi connectivity index (χ4n) is 14.1. The first-order chi connectivity index (χ1) is 27.5. The van der Waals surface area contributed by atoms with Gasteiger partial charge in [-0.05, 0) is 0 Å². The molecule has 4 aromatic rings. The standard InChI is InChI=1S/C27H29.C24H27.C2H7Si.2ClH.Zr/c1-2-18-13-23-4-3-5-25(26(23)14-18)22-6-8-24(9-7-22)27-15-19-10-20(16-27)12-21(11-19)17-27;1-17(2)18-11-13-20(14-12-18)23-10-6-9-21-15-22(16-24(21)23)19-7-4-3-5-8-19;1-3-2;;;/h3-9,13-14,19-21H,2,10-12,15-17H2,1H3;6,9-17,19H,3-5,7-8H2,1-2H3;3H,1-2H3;2*1H;/q;;;;;+2/p-2. The number of fused-ring (bicyclic) bond motifs is 2. The third-order valence-electron chi connectivity index (χ3n) is 16.7. The zero-order valence-corrected chi connectivity index (χ0v) is 40.2. The summed E-state index contributed by atoms with van der Waals surface area (Å²) >= 11 is -4.92. The molecule has 0 nitrogen and oxygen atoms in total. The van der Waals surface area contributed by atoms with Crippen LogP contribution in [-0.4, -0.2) is 5.92 Å². The van der Waals surface area contributed by atoms with E-state index in [9.17, 15) is 0 Å². The van der Waals surface area contributed by atoms with Crippen molar-refractivity contribution in [1.82, 2.24) is 0 Å². The normalized spacial score (nSPS) is 28.6. The van der Waals surface area contributed by atoms with Gasteiger partial charge in [-0.1, -0.05) is 0 Å². The third-order valence-corrected chi connectivity index (χ3v) is 68.4. The van der Waals surface area contributed by atoms with Gasteiger partial charge < -0.3 is 0 Å². The molecule has 0 saturated heterocycles. The van der Waals surface area contributed by atoms with Crippen molar-refractivity contribution in [3.05, 3.63) is 129 Å². The van der Waals surface area contributed by atoms with Crippen molar-refractivity contribution < 1.29 is 15.6 Å². The van der Waals surface area contributed by atoms with Crippen molar-refractivity contribution in [2.45, 2.75) is 129 Å². The first-order valence-electron chi connectivity index (χ1n) is 22.9. The second-order valence-corrected chi connectivity index (χ2v) is 63.0. The maximum absolute atomic E-state index is 8.96. The number of benzene rings is 4. The Morgan fingerprint density at radius 1 is 0.667 bits per heavy atom. The molecule has 297 valence electrons. The molecule has 2 atom stereocenters. The van der Waals surface area contributed by atoms with Gasteiger partial charge in [0, 0.05) is 0 Å². The van der Waals surface area contributed by atoms with E-state index in [-0.39, 0.29) is 7.25 Å². The summed E-state index contributed by atoms with van der Waals surface area (Å²) in [5.41, 5.74) is 17.5. The van der Waals surface area contributed by atoms with E-state index in [1.54, 1.807) is 11.1 Å². The van der Waals surface area contributed by atoms with Crippen molar-refractivity contribution in [2.24, 2.45) is 23.7 Å². The van der Waals surface area contributed by atoms with Crippen molar-refractivity contribution in [1.29, 1.82) is 0 Å². The molecule has 0 N–H and O–H groups in total. The van der Waals surface area contributed by atoms with Gasteiger partial charge in [0.1, 0.15) is 0 Å². The molecule has 0 spiro atoms. The van der Waals surface area contributed by atoms with E-state index < -0.39 is 21.5 Å². The molecule has 0 amide bonds. The molecule has 2 unspecified atom stereocenters. The van der Waals surface area contributed by atoms with Gasteiger partial charge in [0.2, 0.25) is 0 Å². The zero-order valence-electron chi connectivity index (χ0n) is 35.1. The van der Waals surface area contributed by atoms with Crippen molar-refractivity contribution in [2.75, 3.05) is 0 Å². The summed E-state index contributed by atoms with van der Waals surface area (Å²) in [6, 6.07) is 33.5. The molecule has 11 rings (SSSR count). The fraction of sp³-hybridized carbons (Fsp3) is 0.472. The van der Waals surface area contributed by atoms with Gasteiger partial charge in [-0.3, -0.25) is 0 Å². The first-order valence-corrected chi connectivity index (χ1v) is 39.2. The van der Waals surface area contributed by atoms with Crippen LogP contribution in [0.1, 0.15) is 144 Å². The van der Waals surface area contributed by atoms with Crippen LogP contribution >= 0.6 is 17.0 Å². The van der Waals surface area contributed by atoms with E-state index in [4.69, 9.17) is 17.0 Å². The molecule has 0 aliphatic heterocycles. The Labute approximate surface area is 352 Å². The average molecular weight is 890 g/mol. The Bertz CT molecular complexity index is 2220. The van der Waals surface area contributed by atoms with Crippen molar-refractivity contribution in [3.63, 3.8) is 0 Å². The van der Waals surface area contributed by atoms with Crippen LogP contribution in [0.15, 0.2) is 96.1 Å². The molecule has 5 saturated carbocycles. The van der Waals surface area contributed by atoms with E-state index in [0.717, 1.165) is 24.2 Å². The van der Waals surface area contributed by atoms with E-state index in [2.05, 4.69) is 131 Å². The molecule has 0 heterocycles. The summed E-state index contributed by atoms with van der Waals surface area (Å²) in [7, 11) is 17.9. The van der Waals surface area contributed by atoms with E-state index in [0.29, 0.717) is 17.3 Å². The SMILES string of the molecule is CCC1=Cc2c(-c3ccc(C45CC6CC(CC(C6)C4)C5)cc3)cccc2[CH]1[Zr]([Cl])([Cl])([CH]1C(C2CCCCC2)=Cc2c(-c3ccc(C(C)C)cc3)cccc21)[SiH](C)C. The van der Waals surface area contributed by atoms with Crippen LogP contribution in [0.5, 0.6) is 0 Å². The first kappa shape index (κ1) is 39.2. The van der Waals surface area contributed by atoms with E-state index >= 15 is 0 Å². The van der Waals surface area contributed by atoms with Crippen LogP contribution in [-0.2, 0) is 21.0 Å². The van der Waals surface area contributed by atoms with Gasteiger partial charge in [-0.25, -0.2) is 0 Å². The molecule has 7 aliphatic carbocycles. The number of halogens is 2. The number of allylic oxidation sites excluding steroid dienone is 2. The quantitative estimate of drug-likeness (QED) is 0.147. The topological polar surface area (TPSA) is 0 Å². The molecule has 4 heteroatoms. The second-order valence-electron chi connectivity index (χ2n) is 20.5. The molecular weight excluding hydrogens is 827 g/mol. The minimum atomic E-state index is -4.92. The van der Waals surface area contributed by atoms with Gasteiger partial charge in [0.05, 0.1) is 0 Å². The van der Waals surface area contributed by atoms with Crippen molar-refractivity contribution >= 4 is 35.1 Å². The molecule has 4 aromatic carbocycles. The van der Waals surface area contributed by atoms with Crippen molar-refractivity contribution in [3.8, 4) is 22.3 Å². The summed E-state index contributed by atoms with van der Waals surface area (Å²) in [4.78, 5) is 0. The number of rotatable bonds is 9. The summed E-state index contributed by atoms with van der Waals surface area (Å²) < 4.78 is 0.271. The summed E-state index contributed by atoms with van der Waals surface area (Å²) in [6.07, 6.45) is 21.4. The Morgan fingerprint density at radius 3 is 1.72 bits per heavy atom. The number of hydrogen-bond donors (Lipinski definition) is 0. The molecule has 0 radical (unpaired) electrons. The maximum atomic E-state index is 8.96. The molecule has 5 fully saturated rings. The number of hydrogen-bond acceptors (Lipinski definition) is 0. The molecule has 0 aromatic heterocycles. The average Bonchev–Trinajstić information content (AvgIpc) is 3.82. The molecule has 7 aliphatic rings. The van der Waals surface area contributed by atoms with Gasteiger partial charge in [-0.15, -0.1) is 0 Å². The predicted molar refractivity (Wildman–Crippen MR) is 247 cm³/mol. The van der Waals surface area contributed by atoms with Crippen LogP contribution in [0.25, 0.3) is 34.4 Å². The van der Waals surface area contributed by atoms with E-state index in [1.807, 2.05) is 0 Å². The minimum absolute atomic E-state index is 0.129. The summed E-state index contributed by atoms with van der Waals surface area (Å²) in [5, 5.41) is 0. The van der Waals surface area contributed by atoms with Gasteiger partial charge in [0.15, 0.2) is 0 Å². The molecule has 57 heavy (non-hydrogen) atoms. The summed E-state index contributed by atoms with van der Waals surface area (Å²) in [6.45, 7) is 12.0. The predicted octanol–water partition coefficient (Wildman–Crippen LogP) is 16.2. The van der Waals surface area contributed by atoms with Crippen LogP contribution < -0.4 is 0 Å².